The van der Waals surface area contributed by atoms with Crippen molar-refractivity contribution in [2.24, 2.45) is 0 Å². The molecular formula is C33H40FN3O6S. The van der Waals surface area contributed by atoms with Gasteiger partial charge in [-0.25, -0.2) is 12.8 Å². The van der Waals surface area contributed by atoms with Gasteiger partial charge in [0.1, 0.15) is 29.9 Å². The van der Waals surface area contributed by atoms with E-state index in [0.29, 0.717) is 5.75 Å². The van der Waals surface area contributed by atoms with Gasteiger partial charge in [0.25, 0.3) is 0 Å². The van der Waals surface area contributed by atoms with E-state index in [-0.39, 0.29) is 41.9 Å². The third-order valence-electron chi connectivity index (χ3n) is 7.86. The zero-order chi connectivity index (χ0) is 31.7. The summed E-state index contributed by atoms with van der Waals surface area (Å²) in [6, 6.07) is 18.8. The van der Waals surface area contributed by atoms with E-state index in [2.05, 4.69) is 5.32 Å². The number of hydrogen-bond acceptors (Lipinski definition) is 6. The van der Waals surface area contributed by atoms with Crippen molar-refractivity contribution in [1.29, 1.82) is 0 Å². The van der Waals surface area contributed by atoms with E-state index in [4.69, 9.17) is 9.47 Å². The fraction of sp³-hybridized carbons (Fsp3) is 0.394. The summed E-state index contributed by atoms with van der Waals surface area (Å²) in [5.74, 6) is -1.01. The van der Waals surface area contributed by atoms with Crippen molar-refractivity contribution >= 4 is 27.5 Å². The van der Waals surface area contributed by atoms with E-state index in [1.807, 2.05) is 30.3 Å². The minimum absolute atomic E-state index is 0.0338. The Labute approximate surface area is 259 Å². The second-order valence-electron chi connectivity index (χ2n) is 11.0. The van der Waals surface area contributed by atoms with E-state index < -0.39 is 34.3 Å². The van der Waals surface area contributed by atoms with Gasteiger partial charge < -0.3 is 19.7 Å². The van der Waals surface area contributed by atoms with E-state index >= 15 is 4.39 Å². The summed E-state index contributed by atoms with van der Waals surface area (Å²) in [6.45, 7) is -0.896. The van der Waals surface area contributed by atoms with Crippen LogP contribution >= 0.6 is 0 Å². The molecule has 2 amide bonds. The molecule has 9 nitrogen and oxygen atoms in total. The van der Waals surface area contributed by atoms with Gasteiger partial charge in [0, 0.05) is 30.6 Å². The number of carbonyl (C=O) groups is 2. The number of rotatable bonds is 13. The third-order valence-corrected chi connectivity index (χ3v) is 8.98. The molecule has 44 heavy (non-hydrogen) atoms. The highest BCUT2D eigenvalue weighted by molar-refractivity contribution is 7.92. The summed E-state index contributed by atoms with van der Waals surface area (Å²) in [5.41, 5.74) is 1.10. The molecule has 0 spiro atoms. The van der Waals surface area contributed by atoms with Gasteiger partial charge in [-0.05, 0) is 36.6 Å². The smallest absolute Gasteiger partial charge is 0.244 e. The number of sulfonamides is 1. The zero-order valence-corrected chi connectivity index (χ0v) is 26.2. The molecule has 1 saturated carbocycles. The summed E-state index contributed by atoms with van der Waals surface area (Å²) in [4.78, 5) is 29.6. The lowest BCUT2D eigenvalue weighted by Gasteiger charge is -2.35. The first-order chi connectivity index (χ1) is 21.1. The van der Waals surface area contributed by atoms with Crippen LogP contribution in [-0.4, -0.2) is 64.2 Å². The molecule has 0 aromatic heterocycles. The quantitative estimate of drug-likeness (QED) is 0.295. The van der Waals surface area contributed by atoms with Crippen LogP contribution in [-0.2, 0) is 32.6 Å². The molecule has 4 rings (SSSR count). The van der Waals surface area contributed by atoms with Gasteiger partial charge in [-0.3, -0.25) is 13.9 Å². The summed E-state index contributed by atoms with van der Waals surface area (Å²) < 4.78 is 52.9. The standard InChI is InChI=1S/C33H40FN3O6S/c1-42-27-18-19-31(43-2)29(21-27)37(44(3,40)41)23-32(38)36(22-25-14-10-11-17-28(25)34)30(20-24-12-6-4-7-13-24)33(39)35-26-15-8-5-9-16-26/h4,6-7,10-14,17-19,21,26,30H,5,8-9,15-16,20,22-23H2,1-3H3,(H,35,39). The van der Waals surface area contributed by atoms with Crippen LogP contribution in [0.25, 0.3) is 0 Å². The summed E-state index contributed by atoms with van der Waals surface area (Å²) >= 11 is 0. The summed E-state index contributed by atoms with van der Waals surface area (Å²) in [7, 11) is -1.20. The zero-order valence-electron chi connectivity index (χ0n) is 25.4. The van der Waals surface area contributed by atoms with Crippen molar-refractivity contribution in [3.05, 3.63) is 89.7 Å². The molecule has 1 atom stereocenters. The van der Waals surface area contributed by atoms with Crippen molar-refractivity contribution in [3.63, 3.8) is 0 Å². The van der Waals surface area contributed by atoms with Crippen LogP contribution < -0.4 is 19.1 Å². The van der Waals surface area contributed by atoms with Crippen molar-refractivity contribution in [3.8, 4) is 11.5 Å². The van der Waals surface area contributed by atoms with Crippen LogP contribution in [0.5, 0.6) is 11.5 Å². The molecule has 3 aromatic carbocycles. The van der Waals surface area contributed by atoms with E-state index in [9.17, 15) is 18.0 Å². The monoisotopic (exact) mass is 625 g/mol. The molecule has 1 fully saturated rings. The lowest BCUT2D eigenvalue weighted by Crippen LogP contribution is -2.55. The molecule has 0 radical (unpaired) electrons. The molecule has 0 saturated heterocycles. The van der Waals surface area contributed by atoms with Gasteiger partial charge in [-0.2, -0.15) is 0 Å². The van der Waals surface area contributed by atoms with Crippen molar-refractivity contribution < 1.29 is 31.9 Å². The molecular weight excluding hydrogens is 585 g/mol. The number of carbonyl (C=O) groups excluding carboxylic acids is 2. The fourth-order valence-corrected chi connectivity index (χ4v) is 6.34. The average Bonchev–Trinajstić information content (AvgIpc) is 3.02. The Morgan fingerprint density at radius 3 is 2.27 bits per heavy atom. The van der Waals surface area contributed by atoms with Crippen LogP contribution in [0.3, 0.4) is 0 Å². The van der Waals surface area contributed by atoms with Crippen molar-refractivity contribution in [2.75, 3.05) is 31.3 Å². The number of nitrogens with zero attached hydrogens (tertiary/aromatic N) is 2. The van der Waals surface area contributed by atoms with Crippen LogP contribution in [0, 0.1) is 5.82 Å². The summed E-state index contributed by atoms with van der Waals surface area (Å²) in [5, 5.41) is 3.13. The minimum atomic E-state index is -4.04. The highest BCUT2D eigenvalue weighted by Crippen LogP contribution is 2.34. The number of methoxy groups -OCH3 is 2. The van der Waals surface area contributed by atoms with Gasteiger partial charge in [0.05, 0.1) is 26.2 Å². The van der Waals surface area contributed by atoms with Gasteiger partial charge in [0.15, 0.2) is 0 Å². The lowest BCUT2D eigenvalue weighted by atomic mass is 9.94. The third kappa shape index (κ3) is 8.49. The molecule has 0 bridgehead atoms. The van der Waals surface area contributed by atoms with Gasteiger partial charge in [-0.15, -0.1) is 0 Å². The van der Waals surface area contributed by atoms with Crippen LogP contribution in [0.15, 0.2) is 72.8 Å². The first-order valence-corrected chi connectivity index (χ1v) is 16.5. The number of halogens is 1. The minimum Gasteiger partial charge on any atom is -0.497 e. The van der Waals surface area contributed by atoms with Crippen LogP contribution in [0.4, 0.5) is 10.1 Å². The number of benzene rings is 3. The Balaban J connectivity index is 1.77. The Morgan fingerprint density at radius 2 is 1.64 bits per heavy atom. The SMILES string of the molecule is COc1ccc(OC)c(N(CC(=O)N(Cc2ccccc2F)C(Cc2ccccc2)C(=O)NC2CCCCC2)S(C)(=O)=O)c1. The number of hydrogen-bond donors (Lipinski definition) is 1. The van der Waals surface area contributed by atoms with E-state index in [1.54, 1.807) is 30.3 Å². The number of ether oxygens (including phenoxy) is 2. The second-order valence-corrected chi connectivity index (χ2v) is 12.9. The number of nitrogens with one attached hydrogen (secondary N) is 1. The van der Waals surface area contributed by atoms with Gasteiger partial charge in [-0.1, -0.05) is 67.8 Å². The first-order valence-electron chi connectivity index (χ1n) is 14.7. The van der Waals surface area contributed by atoms with E-state index in [1.165, 1.54) is 31.3 Å². The van der Waals surface area contributed by atoms with Gasteiger partial charge >= 0.3 is 0 Å². The Hall–Kier alpha value is -4.12. The fourth-order valence-electron chi connectivity index (χ4n) is 5.49. The molecule has 1 N–H and O–H groups in total. The second kappa shape index (κ2) is 15.1. The lowest BCUT2D eigenvalue weighted by molar-refractivity contribution is -0.140. The first kappa shape index (κ1) is 32.8. The van der Waals surface area contributed by atoms with E-state index in [0.717, 1.165) is 48.2 Å². The van der Waals surface area contributed by atoms with Crippen molar-refractivity contribution in [1.82, 2.24) is 10.2 Å². The van der Waals surface area contributed by atoms with Gasteiger partial charge in [0.2, 0.25) is 21.8 Å². The highest BCUT2D eigenvalue weighted by atomic mass is 32.2. The highest BCUT2D eigenvalue weighted by Gasteiger charge is 2.35. The molecule has 236 valence electrons. The maximum absolute atomic E-state index is 15.0. The summed E-state index contributed by atoms with van der Waals surface area (Å²) in [6.07, 6.45) is 5.91. The molecule has 0 aliphatic heterocycles. The average molecular weight is 626 g/mol. The van der Waals surface area contributed by atoms with Crippen molar-refractivity contribution in [2.45, 2.75) is 57.2 Å². The molecule has 1 aliphatic carbocycles. The predicted molar refractivity (Wildman–Crippen MR) is 168 cm³/mol. The molecule has 3 aromatic rings. The Morgan fingerprint density at radius 1 is 0.955 bits per heavy atom. The largest absolute Gasteiger partial charge is 0.497 e. The normalized spacial score (nSPS) is 14.4. The molecule has 0 heterocycles. The molecule has 11 heteroatoms. The Kier molecular flexibility index (Phi) is 11.2. The molecule has 1 aliphatic rings. The van der Waals surface area contributed by atoms with Crippen LogP contribution in [0.2, 0.25) is 0 Å². The Bertz CT molecular complexity index is 1530. The predicted octanol–water partition coefficient (Wildman–Crippen LogP) is 4.70. The maximum atomic E-state index is 15.0. The number of amides is 2. The van der Waals surface area contributed by atoms with Crippen LogP contribution in [0.1, 0.15) is 43.2 Å². The topological polar surface area (TPSA) is 105 Å². The maximum Gasteiger partial charge on any atom is 0.244 e. The number of anilines is 1. The molecule has 1 unspecified atom stereocenters.